The summed E-state index contributed by atoms with van der Waals surface area (Å²) in [5, 5.41) is 0. The van der Waals surface area contributed by atoms with Gasteiger partial charge in [-0.3, -0.25) is 0 Å². The van der Waals surface area contributed by atoms with Crippen molar-refractivity contribution < 1.29 is 0 Å². The quantitative estimate of drug-likeness (QED) is 0.200. The molecule has 0 radical (unpaired) electrons. The molecule has 0 aromatic carbocycles. The highest BCUT2D eigenvalue weighted by atomic mass is 14.5. The van der Waals surface area contributed by atoms with E-state index in [9.17, 15) is 0 Å². The van der Waals surface area contributed by atoms with E-state index in [1.165, 1.54) is 122 Å². The first kappa shape index (κ1) is 23.0. The smallest absolute Gasteiger partial charge is 0.0533 e. The van der Waals surface area contributed by atoms with Crippen LogP contribution >= 0.6 is 0 Å². The number of unbranched alkanes of at least 4 members (excludes halogenated alkanes) is 19. The fourth-order valence-electron chi connectivity index (χ4n) is 3.38. The maximum absolute atomic E-state index is 7.11. The summed E-state index contributed by atoms with van der Waals surface area (Å²) in [6.07, 6.45) is 28.5. The maximum Gasteiger partial charge on any atom is -0.0533 e. The van der Waals surface area contributed by atoms with Gasteiger partial charge in [-0.25, -0.2) is 0 Å². The van der Waals surface area contributed by atoms with Crippen LogP contribution in [0.25, 0.3) is 5.73 Å². The number of hydrogen-bond donors (Lipinski definition) is 0. The summed E-state index contributed by atoms with van der Waals surface area (Å²) < 4.78 is 0. The summed E-state index contributed by atoms with van der Waals surface area (Å²) in [5.74, 6) is 0. The SMILES string of the molecule is CCCCCCCCCCCCCCCCCCCCCC[NH-]. The second-order valence-electron chi connectivity index (χ2n) is 7.47. The zero-order chi connectivity index (χ0) is 16.8. The van der Waals surface area contributed by atoms with Crippen molar-refractivity contribution in [3.63, 3.8) is 0 Å². The van der Waals surface area contributed by atoms with Crippen LogP contribution in [-0.4, -0.2) is 6.54 Å². The summed E-state index contributed by atoms with van der Waals surface area (Å²) in [6, 6.07) is 0. The summed E-state index contributed by atoms with van der Waals surface area (Å²) in [7, 11) is 0. The van der Waals surface area contributed by atoms with E-state index < -0.39 is 0 Å². The zero-order valence-electron chi connectivity index (χ0n) is 16.3. The molecule has 0 aromatic rings. The summed E-state index contributed by atoms with van der Waals surface area (Å²) in [6.45, 7) is 2.92. The molecule has 0 saturated heterocycles. The van der Waals surface area contributed by atoms with Gasteiger partial charge in [0.05, 0.1) is 0 Å². The molecule has 0 rings (SSSR count). The molecule has 0 spiro atoms. The van der Waals surface area contributed by atoms with Crippen LogP contribution < -0.4 is 0 Å². The Morgan fingerprint density at radius 2 is 0.565 bits per heavy atom. The van der Waals surface area contributed by atoms with Crippen molar-refractivity contribution in [2.75, 3.05) is 6.54 Å². The van der Waals surface area contributed by atoms with Gasteiger partial charge in [-0.1, -0.05) is 135 Å². The van der Waals surface area contributed by atoms with Gasteiger partial charge in [0.15, 0.2) is 0 Å². The van der Waals surface area contributed by atoms with Crippen molar-refractivity contribution in [1.82, 2.24) is 0 Å². The number of rotatable bonds is 20. The third kappa shape index (κ3) is 22.0. The third-order valence-corrected chi connectivity index (χ3v) is 5.03. The fourth-order valence-corrected chi connectivity index (χ4v) is 3.38. The van der Waals surface area contributed by atoms with Crippen molar-refractivity contribution in [3.05, 3.63) is 5.73 Å². The van der Waals surface area contributed by atoms with Crippen LogP contribution in [0.4, 0.5) is 0 Å². The molecule has 0 aliphatic rings. The number of nitrogens with one attached hydrogen (secondary N) is 1. The molecular weight excluding hydrogens is 278 g/mol. The molecule has 1 heteroatoms. The Hall–Kier alpha value is -0.0400. The van der Waals surface area contributed by atoms with Crippen LogP contribution in [0.1, 0.15) is 135 Å². The first-order valence-electron chi connectivity index (χ1n) is 11.1. The molecule has 0 fully saturated rings. The summed E-state index contributed by atoms with van der Waals surface area (Å²) in [4.78, 5) is 0. The van der Waals surface area contributed by atoms with E-state index in [1.54, 1.807) is 0 Å². The van der Waals surface area contributed by atoms with E-state index in [1.807, 2.05) is 0 Å². The molecule has 0 saturated carbocycles. The van der Waals surface area contributed by atoms with Crippen LogP contribution in [0.2, 0.25) is 0 Å². The maximum atomic E-state index is 7.11. The van der Waals surface area contributed by atoms with Gasteiger partial charge in [-0.05, 0) is 0 Å². The second-order valence-corrected chi connectivity index (χ2v) is 7.47. The van der Waals surface area contributed by atoms with E-state index in [-0.39, 0.29) is 0 Å². The molecular formula is C22H46N-. The largest absolute Gasteiger partial charge is 0.677 e. The van der Waals surface area contributed by atoms with Crippen molar-refractivity contribution in [3.8, 4) is 0 Å². The highest BCUT2D eigenvalue weighted by Gasteiger charge is 1.94. The minimum Gasteiger partial charge on any atom is -0.677 e. The van der Waals surface area contributed by atoms with Crippen molar-refractivity contribution in [1.29, 1.82) is 0 Å². The van der Waals surface area contributed by atoms with Gasteiger partial charge in [-0.15, -0.1) is 0 Å². The fraction of sp³-hybridized carbons (Fsp3) is 1.00. The van der Waals surface area contributed by atoms with Crippen LogP contribution in [0.15, 0.2) is 0 Å². The lowest BCUT2D eigenvalue weighted by molar-refractivity contribution is 0.522. The van der Waals surface area contributed by atoms with E-state index in [0.29, 0.717) is 6.54 Å². The lowest BCUT2D eigenvalue weighted by Crippen LogP contribution is -1.84. The van der Waals surface area contributed by atoms with E-state index in [2.05, 4.69) is 6.92 Å². The zero-order valence-corrected chi connectivity index (χ0v) is 16.3. The van der Waals surface area contributed by atoms with Crippen molar-refractivity contribution >= 4 is 0 Å². The molecule has 0 aromatic heterocycles. The molecule has 0 unspecified atom stereocenters. The standard InChI is InChI=1S/C22H46N/c1-2-3-4-5-6-7-8-9-10-11-12-13-14-15-16-17-18-19-20-21-22-23/h23H,2-22H2,1H3/q-1. The Morgan fingerprint density at radius 1 is 0.348 bits per heavy atom. The molecule has 1 nitrogen and oxygen atoms in total. The second kappa shape index (κ2) is 22.0. The lowest BCUT2D eigenvalue weighted by atomic mass is 10.0. The first-order chi connectivity index (χ1) is 11.4. The molecule has 0 amide bonds. The van der Waals surface area contributed by atoms with E-state index >= 15 is 0 Å². The molecule has 0 atom stereocenters. The Morgan fingerprint density at radius 3 is 0.783 bits per heavy atom. The Kier molecular flexibility index (Phi) is 21.9. The topological polar surface area (TPSA) is 23.8 Å². The lowest BCUT2D eigenvalue weighted by Gasteiger charge is -2.04. The summed E-state index contributed by atoms with van der Waals surface area (Å²) >= 11 is 0. The molecule has 0 aliphatic heterocycles. The molecule has 140 valence electrons. The predicted molar refractivity (Wildman–Crippen MR) is 107 cm³/mol. The Bertz CT molecular complexity index is 170. The van der Waals surface area contributed by atoms with Crippen molar-refractivity contribution in [2.45, 2.75) is 135 Å². The van der Waals surface area contributed by atoms with Gasteiger partial charge >= 0.3 is 0 Å². The average Bonchev–Trinajstić information content (AvgIpc) is 2.57. The molecule has 0 bridgehead atoms. The minimum atomic E-state index is 0.624. The number of hydrogen-bond acceptors (Lipinski definition) is 0. The minimum absolute atomic E-state index is 0.624. The highest BCUT2D eigenvalue weighted by molar-refractivity contribution is 4.53. The molecule has 0 heterocycles. The third-order valence-electron chi connectivity index (χ3n) is 5.03. The molecule has 0 aliphatic carbocycles. The van der Waals surface area contributed by atoms with Gasteiger partial charge < -0.3 is 5.73 Å². The average molecular weight is 325 g/mol. The molecule has 23 heavy (non-hydrogen) atoms. The highest BCUT2D eigenvalue weighted by Crippen LogP contribution is 2.14. The van der Waals surface area contributed by atoms with Crippen LogP contribution in [-0.2, 0) is 0 Å². The van der Waals surface area contributed by atoms with Crippen molar-refractivity contribution in [2.24, 2.45) is 0 Å². The van der Waals surface area contributed by atoms with Gasteiger partial charge in [0, 0.05) is 0 Å². The molecule has 1 N–H and O–H groups in total. The van der Waals surface area contributed by atoms with Crippen LogP contribution in [0.5, 0.6) is 0 Å². The first-order valence-corrected chi connectivity index (χ1v) is 11.1. The van der Waals surface area contributed by atoms with Crippen LogP contribution in [0.3, 0.4) is 0 Å². The summed E-state index contributed by atoms with van der Waals surface area (Å²) in [5.41, 5.74) is 7.11. The van der Waals surface area contributed by atoms with E-state index in [0.717, 1.165) is 6.42 Å². The predicted octanol–water partition coefficient (Wildman–Crippen LogP) is 8.86. The van der Waals surface area contributed by atoms with Gasteiger partial charge in [0.2, 0.25) is 0 Å². The van der Waals surface area contributed by atoms with Gasteiger partial charge in [0.25, 0.3) is 0 Å². The van der Waals surface area contributed by atoms with Crippen LogP contribution in [0, 0.1) is 0 Å². The Balaban J connectivity index is 2.92. The monoisotopic (exact) mass is 324 g/mol. The Labute approximate surface area is 148 Å². The van der Waals surface area contributed by atoms with Gasteiger partial charge in [-0.2, -0.15) is 6.54 Å². The normalized spacial score (nSPS) is 11.2. The van der Waals surface area contributed by atoms with Gasteiger partial charge in [0.1, 0.15) is 0 Å². The van der Waals surface area contributed by atoms with E-state index in [4.69, 9.17) is 5.73 Å².